The lowest BCUT2D eigenvalue weighted by Crippen LogP contribution is -2.30. The lowest BCUT2D eigenvalue weighted by Gasteiger charge is -2.22. The van der Waals surface area contributed by atoms with Crippen molar-refractivity contribution in [2.24, 2.45) is 0 Å². The van der Waals surface area contributed by atoms with Gasteiger partial charge in [-0.2, -0.15) is 0 Å². The first-order valence-electron chi connectivity index (χ1n) is 7.40. The summed E-state index contributed by atoms with van der Waals surface area (Å²) in [6, 6.07) is 11.6. The van der Waals surface area contributed by atoms with Crippen molar-refractivity contribution in [1.29, 1.82) is 0 Å². The van der Waals surface area contributed by atoms with E-state index in [1.807, 2.05) is 6.92 Å². The van der Waals surface area contributed by atoms with E-state index in [2.05, 4.69) is 0 Å². The van der Waals surface area contributed by atoms with Crippen molar-refractivity contribution in [2.45, 2.75) is 18.7 Å². The van der Waals surface area contributed by atoms with Crippen molar-refractivity contribution in [3.63, 3.8) is 0 Å². The van der Waals surface area contributed by atoms with E-state index in [1.54, 1.807) is 19.1 Å². The van der Waals surface area contributed by atoms with Gasteiger partial charge in [0.15, 0.2) is 0 Å². The molecule has 0 saturated heterocycles. The number of non-ortho nitro benzene ring substituents is 1. The molecule has 0 spiro atoms. The van der Waals surface area contributed by atoms with Gasteiger partial charge in [0.2, 0.25) is 0 Å². The van der Waals surface area contributed by atoms with E-state index >= 15 is 0 Å². The van der Waals surface area contributed by atoms with Crippen LogP contribution in [-0.2, 0) is 10.0 Å². The molecule has 128 valence electrons. The van der Waals surface area contributed by atoms with Crippen LogP contribution in [0.25, 0.3) is 0 Å². The van der Waals surface area contributed by atoms with Crippen LogP contribution >= 0.6 is 0 Å². The van der Waals surface area contributed by atoms with Gasteiger partial charge in [0.1, 0.15) is 5.75 Å². The molecule has 0 aliphatic carbocycles. The number of nitro benzene ring substituents is 1. The van der Waals surface area contributed by atoms with Gasteiger partial charge in [0.25, 0.3) is 15.7 Å². The Kier molecular flexibility index (Phi) is 5.40. The SMILES string of the molecule is CCOc1ccc(S(=O)(=O)N(CC)c2cccc([N+](=O)[O-])c2)cc1. The fourth-order valence-electron chi connectivity index (χ4n) is 2.25. The fourth-order valence-corrected chi connectivity index (χ4v) is 3.72. The third-order valence-electron chi connectivity index (χ3n) is 3.34. The van der Waals surface area contributed by atoms with Crippen LogP contribution in [0.3, 0.4) is 0 Å². The Hall–Kier alpha value is -2.61. The molecule has 2 aromatic rings. The van der Waals surface area contributed by atoms with Gasteiger partial charge in [-0.3, -0.25) is 14.4 Å². The summed E-state index contributed by atoms with van der Waals surface area (Å²) < 4.78 is 32.1. The summed E-state index contributed by atoms with van der Waals surface area (Å²) in [7, 11) is -3.82. The average molecular weight is 350 g/mol. The van der Waals surface area contributed by atoms with E-state index in [9.17, 15) is 18.5 Å². The Bertz CT molecular complexity index is 819. The molecular formula is C16H18N2O5S. The molecule has 2 aromatic carbocycles. The van der Waals surface area contributed by atoms with Crippen LogP contribution in [-0.4, -0.2) is 26.5 Å². The molecule has 0 aliphatic rings. The first kappa shape index (κ1) is 17.7. The molecule has 2 rings (SSSR count). The molecule has 0 atom stereocenters. The van der Waals surface area contributed by atoms with Gasteiger partial charge in [-0.15, -0.1) is 0 Å². The molecule has 24 heavy (non-hydrogen) atoms. The van der Waals surface area contributed by atoms with Crippen LogP contribution in [0.2, 0.25) is 0 Å². The maximum atomic E-state index is 12.8. The second-order valence-electron chi connectivity index (χ2n) is 4.85. The minimum absolute atomic E-state index is 0.0966. The maximum Gasteiger partial charge on any atom is 0.271 e. The highest BCUT2D eigenvalue weighted by atomic mass is 32.2. The minimum Gasteiger partial charge on any atom is -0.494 e. The van der Waals surface area contributed by atoms with Gasteiger partial charge in [0.05, 0.1) is 22.1 Å². The van der Waals surface area contributed by atoms with Crippen LogP contribution in [0.15, 0.2) is 53.4 Å². The first-order chi connectivity index (χ1) is 11.4. The zero-order valence-corrected chi connectivity index (χ0v) is 14.2. The second-order valence-corrected chi connectivity index (χ2v) is 6.71. The molecule has 8 heteroatoms. The number of sulfonamides is 1. The summed E-state index contributed by atoms with van der Waals surface area (Å²) in [5, 5.41) is 10.9. The summed E-state index contributed by atoms with van der Waals surface area (Å²) in [5.74, 6) is 0.579. The largest absolute Gasteiger partial charge is 0.494 e. The standard InChI is InChI=1S/C16H18N2O5S/c1-3-17(13-6-5-7-14(12-13)18(19)20)24(21,22)16-10-8-15(9-11-16)23-4-2/h5-12H,3-4H2,1-2H3. The van der Waals surface area contributed by atoms with E-state index in [4.69, 9.17) is 4.74 Å². The highest BCUT2D eigenvalue weighted by Gasteiger charge is 2.24. The van der Waals surface area contributed by atoms with Crippen LogP contribution in [0.1, 0.15) is 13.8 Å². The molecule has 0 aliphatic heterocycles. The fraction of sp³-hybridized carbons (Fsp3) is 0.250. The van der Waals surface area contributed by atoms with E-state index in [-0.39, 0.29) is 22.8 Å². The van der Waals surface area contributed by atoms with E-state index in [0.717, 1.165) is 4.31 Å². The number of hydrogen-bond acceptors (Lipinski definition) is 5. The number of anilines is 1. The molecule has 7 nitrogen and oxygen atoms in total. The smallest absolute Gasteiger partial charge is 0.271 e. The number of rotatable bonds is 7. The lowest BCUT2D eigenvalue weighted by molar-refractivity contribution is -0.384. The van der Waals surface area contributed by atoms with Gasteiger partial charge < -0.3 is 4.74 Å². The van der Waals surface area contributed by atoms with Gasteiger partial charge in [-0.05, 0) is 44.2 Å². The average Bonchev–Trinajstić information content (AvgIpc) is 2.56. The molecule has 0 radical (unpaired) electrons. The first-order valence-corrected chi connectivity index (χ1v) is 8.84. The summed E-state index contributed by atoms with van der Waals surface area (Å²) in [6.45, 7) is 4.15. The van der Waals surface area contributed by atoms with Crippen LogP contribution in [0.4, 0.5) is 11.4 Å². The van der Waals surface area contributed by atoms with Crippen molar-refractivity contribution < 1.29 is 18.1 Å². The zero-order valence-electron chi connectivity index (χ0n) is 13.4. The molecule has 0 aromatic heterocycles. The quantitative estimate of drug-likeness (QED) is 0.565. The normalized spacial score (nSPS) is 11.1. The zero-order chi connectivity index (χ0) is 17.7. The summed E-state index contributed by atoms with van der Waals surface area (Å²) >= 11 is 0. The molecule has 0 fully saturated rings. The summed E-state index contributed by atoms with van der Waals surface area (Å²) in [4.78, 5) is 10.4. The Balaban J connectivity index is 2.41. The molecule has 0 heterocycles. The highest BCUT2D eigenvalue weighted by Crippen LogP contribution is 2.27. The Morgan fingerprint density at radius 1 is 1.12 bits per heavy atom. The number of ether oxygens (including phenoxy) is 1. The van der Waals surface area contributed by atoms with E-state index in [0.29, 0.717) is 12.4 Å². The number of nitro groups is 1. The van der Waals surface area contributed by atoms with Crippen molar-refractivity contribution in [1.82, 2.24) is 0 Å². The Morgan fingerprint density at radius 2 is 1.79 bits per heavy atom. The third kappa shape index (κ3) is 3.65. The van der Waals surface area contributed by atoms with E-state index < -0.39 is 14.9 Å². The minimum atomic E-state index is -3.82. The Labute approximate surface area is 140 Å². The van der Waals surface area contributed by atoms with Gasteiger partial charge >= 0.3 is 0 Å². The highest BCUT2D eigenvalue weighted by molar-refractivity contribution is 7.92. The van der Waals surface area contributed by atoms with Crippen LogP contribution in [0, 0.1) is 10.1 Å². The second kappa shape index (κ2) is 7.31. The number of benzene rings is 2. The van der Waals surface area contributed by atoms with Crippen molar-refractivity contribution in [2.75, 3.05) is 17.5 Å². The molecular weight excluding hydrogens is 332 g/mol. The topological polar surface area (TPSA) is 89.8 Å². The summed E-state index contributed by atoms with van der Waals surface area (Å²) in [6.07, 6.45) is 0. The third-order valence-corrected chi connectivity index (χ3v) is 5.26. The maximum absolute atomic E-state index is 12.8. The van der Waals surface area contributed by atoms with E-state index in [1.165, 1.54) is 36.4 Å². The number of nitrogens with zero attached hydrogens (tertiary/aromatic N) is 2. The molecule has 0 unspecified atom stereocenters. The van der Waals surface area contributed by atoms with Gasteiger partial charge in [0, 0.05) is 18.7 Å². The monoisotopic (exact) mass is 350 g/mol. The molecule has 0 bridgehead atoms. The number of hydrogen-bond donors (Lipinski definition) is 0. The molecule has 0 saturated carbocycles. The van der Waals surface area contributed by atoms with Crippen molar-refractivity contribution >= 4 is 21.4 Å². The van der Waals surface area contributed by atoms with Gasteiger partial charge in [-0.25, -0.2) is 8.42 Å². The predicted molar refractivity (Wildman–Crippen MR) is 90.9 cm³/mol. The Morgan fingerprint density at radius 3 is 2.33 bits per heavy atom. The van der Waals surface area contributed by atoms with Crippen LogP contribution < -0.4 is 9.04 Å². The summed E-state index contributed by atoms with van der Waals surface area (Å²) in [5.41, 5.74) is 0.0911. The lowest BCUT2D eigenvalue weighted by atomic mass is 10.3. The van der Waals surface area contributed by atoms with Crippen molar-refractivity contribution in [3.05, 3.63) is 58.6 Å². The predicted octanol–water partition coefficient (Wildman–Crippen LogP) is 3.21. The van der Waals surface area contributed by atoms with Crippen molar-refractivity contribution in [3.8, 4) is 5.75 Å². The molecule has 0 amide bonds. The molecule has 0 N–H and O–H groups in total. The van der Waals surface area contributed by atoms with Gasteiger partial charge in [-0.1, -0.05) is 6.07 Å². The van der Waals surface area contributed by atoms with Crippen LogP contribution in [0.5, 0.6) is 5.75 Å².